The van der Waals surface area contributed by atoms with Crippen molar-refractivity contribution in [3.05, 3.63) is 41.7 Å². The van der Waals surface area contributed by atoms with Gasteiger partial charge in [0.25, 0.3) is 5.91 Å². The van der Waals surface area contributed by atoms with E-state index in [-0.39, 0.29) is 23.3 Å². The van der Waals surface area contributed by atoms with E-state index in [2.05, 4.69) is 14.7 Å². The minimum atomic E-state index is -3.38. The summed E-state index contributed by atoms with van der Waals surface area (Å²) in [6.07, 6.45) is -0.475. The highest BCUT2D eigenvalue weighted by Crippen LogP contribution is 2.34. The van der Waals surface area contributed by atoms with Crippen LogP contribution in [0.15, 0.2) is 35.2 Å². The standard InChI is InChI=1S/C18H19F2N3O3S2/c1-10-21-18(27-23-10)22-17(24)14(7-11-8-15(19)16(20)9-11)12-3-5-13(6-4-12)28(2,25)26/h3-7,11,15-16H,8-9H2,1-2H3,(H,21,22,23,24)/t11?,15-,16+. The van der Waals surface area contributed by atoms with Gasteiger partial charge in [-0.3, -0.25) is 10.1 Å². The summed E-state index contributed by atoms with van der Waals surface area (Å²) in [5.74, 6) is -0.419. The van der Waals surface area contributed by atoms with Crippen LogP contribution < -0.4 is 5.32 Å². The maximum atomic E-state index is 13.6. The van der Waals surface area contributed by atoms with E-state index in [1.807, 2.05) is 0 Å². The third kappa shape index (κ3) is 4.79. The van der Waals surface area contributed by atoms with Crippen LogP contribution in [0.2, 0.25) is 0 Å². The van der Waals surface area contributed by atoms with Crippen molar-refractivity contribution in [2.45, 2.75) is 37.0 Å². The summed E-state index contributed by atoms with van der Waals surface area (Å²) in [7, 11) is -3.38. The van der Waals surface area contributed by atoms with Crippen molar-refractivity contribution in [2.75, 3.05) is 11.6 Å². The number of hydrogen-bond acceptors (Lipinski definition) is 6. The molecular formula is C18H19F2N3O3S2. The number of carbonyl (C=O) groups is 1. The van der Waals surface area contributed by atoms with Gasteiger partial charge in [0.2, 0.25) is 5.13 Å². The van der Waals surface area contributed by atoms with Crippen LogP contribution in [0.1, 0.15) is 24.2 Å². The Labute approximate surface area is 165 Å². The predicted molar refractivity (Wildman–Crippen MR) is 103 cm³/mol. The number of halogens is 2. The molecule has 1 N–H and O–H groups in total. The zero-order chi connectivity index (χ0) is 20.5. The lowest BCUT2D eigenvalue weighted by Gasteiger charge is -2.11. The molecule has 3 atom stereocenters. The van der Waals surface area contributed by atoms with Gasteiger partial charge in [0, 0.05) is 23.4 Å². The van der Waals surface area contributed by atoms with Crippen LogP contribution in [0.3, 0.4) is 0 Å². The highest BCUT2D eigenvalue weighted by molar-refractivity contribution is 7.90. The summed E-state index contributed by atoms with van der Waals surface area (Å²) in [6, 6.07) is 5.79. The molecule has 1 unspecified atom stereocenters. The number of anilines is 1. The number of aryl methyl sites for hydroxylation is 1. The summed E-state index contributed by atoms with van der Waals surface area (Å²) < 4.78 is 54.4. The summed E-state index contributed by atoms with van der Waals surface area (Å²) in [4.78, 5) is 17.0. The van der Waals surface area contributed by atoms with Gasteiger partial charge in [0.1, 0.15) is 18.2 Å². The van der Waals surface area contributed by atoms with Gasteiger partial charge >= 0.3 is 0 Å². The van der Waals surface area contributed by atoms with Gasteiger partial charge in [-0.1, -0.05) is 18.2 Å². The third-order valence-electron chi connectivity index (χ3n) is 4.44. The van der Waals surface area contributed by atoms with Crippen molar-refractivity contribution in [3.8, 4) is 0 Å². The molecule has 1 fully saturated rings. The second-order valence-electron chi connectivity index (χ2n) is 6.74. The minimum absolute atomic E-state index is 0.00269. The first-order chi connectivity index (χ1) is 13.1. The van der Waals surface area contributed by atoms with Gasteiger partial charge in [0.05, 0.1) is 4.90 Å². The molecular weight excluding hydrogens is 408 g/mol. The van der Waals surface area contributed by atoms with Crippen LogP contribution in [0, 0.1) is 12.8 Å². The number of aromatic nitrogens is 2. The number of nitrogens with zero attached hydrogens (tertiary/aromatic N) is 2. The lowest BCUT2D eigenvalue weighted by molar-refractivity contribution is -0.111. The van der Waals surface area contributed by atoms with E-state index in [0.717, 1.165) is 17.8 Å². The van der Waals surface area contributed by atoms with E-state index < -0.39 is 34.0 Å². The van der Waals surface area contributed by atoms with Gasteiger partial charge < -0.3 is 0 Å². The van der Waals surface area contributed by atoms with E-state index in [1.54, 1.807) is 13.0 Å². The Bertz CT molecular complexity index is 993. The fourth-order valence-corrected chi connectivity index (χ4v) is 4.24. The van der Waals surface area contributed by atoms with Gasteiger partial charge in [0.15, 0.2) is 9.84 Å². The SMILES string of the molecule is Cc1nsc(NC(=O)C(=CC2C[C@@H](F)[C@@H](F)C2)c2ccc(S(C)(=O)=O)cc2)n1. The molecule has 1 aliphatic carbocycles. The number of sulfone groups is 1. The van der Waals surface area contributed by atoms with Gasteiger partial charge in [-0.15, -0.1) is 0 Å². The van der Waals surface area contributed by atoms with E-state index >= 15 is 0 Å². The van der Waals surface area contributed by atoms with E-state index in [0.29, 0.717) is 16.5 Å². The largest absolute Gasteiger partial charge is 0.297 e. The molecule has 1 aromatic carbocycles. The topological polar surface area (TPSA) is 89.0 Å². The molecule has 10 heteroatoms. The average molecular weight is 427 g/mol. The lowest BCUT2D eigenvalue weighted by Crippen LogP contribution is -2.15. The smallest absolute Gasteiger partial charge is 0.257 e. The molecule has 0 aliphatic heterocycles. The lowest BCUT2D eigenvalue weighted by atomic mass is 9.98. The van der Waals surface area contributed by atoms with Gasteiger partial charge in [-0.25, -0.2) is 22.2 Å². The maximum absolute atomic E-state index is 13.6. The average Bonchev–Trinajstić information content (AvgIpc) is 3.17. The van der Waals surface area contributed by atoms with Crippen molar-refractivity contribution in [1.82, 2.24) is 9.36 Å². The Morgan fingerprint density at radius 3 is 2.32 bits per heavy atom. The van der Waals surface area contributed by atoms with E-state index in [4.69, 9.17) is 0 Å². The molecule has 0 saturated heterocycles. The second-order valence-corrected chi connectivity index (χ2v) is 9.51. The molecule has 0 radical (unpaired) electrons. The van der Waals surface area contributed by atoms with Crippen LogP contribution in [-0.4, -0.2) is 42.3 Å². The number of hydrogen-bond donors (Lipinski definition) is 1. The molecule has 1 heterocycles. The van der Waals surface area contributed by atoms with Gasteiger partial charge in [-0.2, -0.15) is 4.37 Å². The summed E-state index contributed by atoms with van der Waals surface area (Å²) >= 11 is 1.02. The minimum Gasteiger partial charge on any atom is -0.297 e. The summed E-state index contributed by atoms with van der Waals surface area (Å²) in [5, 5.41) is 2.94. The number of carbonyl (C=O) groups excluding carboxylic acids is 1. The normalized spacial score (nSPS) is 23.0. The molecule has 0 bridgehead atoms. The Hall–Kier alpha value is -2.20. The number of alkyl halides is 2. The van der Waals surface area contributed by atoms with Crippen molar-refractivity contribution in [1.29, 1.82) is 0 Å². The summed E-state index contributed by atoms with van der Waals surface area (Å²) in [5.41, 5.74) is 0.656. The van der Waals surface area contributed by atoms with Crippen molar-refractivity contribution >= 4 is 38.0 Å². The highest BCUT2D eigenvalue weighted by atomic mass is 32.2. The molecule has 150 valence electrons. The fraction of sp³-hybridized carbons (Fsp3) is 0.389. The Kier molecular flexibility index (Phi) is 5.90. The molecule has 1 amide bonds. The molecule has 28 heavy (non-hydrogen) atoms. The maximum Gasteiger partial charge on any atom is 0.257 e. The van der Waals surface area contributed by atoms with E-state index in [1.165, 1.54) is 24.3 Å². The van der Waals surface area contributed by atoms with Crippen LogP contribution in [-0.2, 0) is 14.6 Å². The second kappa shape index (κ2) is 8.04. The van der Waals surface area contributed by atoms with Crippen LogP contribution in [0.25, 0.3) is 5.57 Å². The molecule has 1 aliphatic rings. The molecule has 2 aromatic rings. The number of allylic oxidation sites excluding steroid dienone is 1. The number of nitrogens with one attached hydrogen (secondary N) is 1. The molecule has 1 aromatic heterocycles. The van der Waals surface area contributed by atoms with Crippen molar-refractivity contribution in [2.24, 2.45) is 5.92 Å². The first-order valence-electron chi connectivity index (χ1n) is 8.55. The zero-order valence-corrected chi connectivity index (χ0v) is 16.9. The first kappa shape index (κ1) is 20.5. The van der Waals surface area contributed by atoms with Crippen LogP contribution >= 0.6 is 11.5 Å². The zero-order valence-electron chi connectivity index (χ0n) is 15.2. The Morgan fingerprint density at radius 1 is 1.21 bits per heavy atom. The molecule has 3 rings (SSSR count). The third-order valence-corrected chi connectivity index (χ3v) is 6.29. The Balaban J connectivity index is 1.93. The number of amides is 1. The van der Waals surface area contributed by atoms with Crippen molar-refractivity contribution < 1.29 is 22.0 Å². The monoisotopic (exact) mass is 427 g/mol. The fourth-order valence-electron chi connectivity index (χ4n) is 3.04. The molecule has 1 saturated carbocycles. The molecule has 6 nitrogen and oxygen atoms in total. The quantitative estimate of drug-likeness (QED) is 0.739. The highest BCUT2D eigenvalue weighted by Gasteiger charge is 2.34. The van der Waals surface area contributed by atoms with E-state index in [9.17, 15) is 22.0 Å². The first-order valence-corrected chi connectivity index (χ1v) is 11.2. The summed E-state index contributed by atoms with van der Waals surface area (Å²) in [6.45, 7) is 1.69. The predicted octanol–water partition coefficient (Wildman–Crippen LogP) is 3.36. The number of rotatable bonds is 5. The van der Waals surface area contributed by atoms with Gasteiger partial charge in [-0.05, 0) is 43.4 Å². The van der Waals surface area contributed by atoms with Crippen LogP contribution in [0.4, 0.5) is 13.9 Å². The van der Waals surface area contributed by atoms with Crippen molar-refractivity contribution in [3.63, 3.8) is 0 Å². The van der Waals surface area contributed by atoms with Crippen LogP contribution in [0.5, 0.6) is 0 Å². The Morgan fingerprint density at radius 2 is 1.82 bits per heavy atom. The number of benzene rings is 1. The molecule has 0 spiro atoms.